The molecule has 0 fully saturated rings. The van der Waals surface area contributed by atoms with Gasteiger partial charge in [0.25, 0.3) is 5.91 Å². The quantitative estimate of drug-likeness (QED) is 0.798. The highest BCUT2D eigenvalue weighted by Crippen LogP contribution is 2.25. The van der Waals surface area contributed by atoms with Gasteiger partial charge in [0.2, 0.25) is 0 Å². The fraction of sp³-hybridized carbons (Fsp3) is 0.357. The van der Waals surface area contributed by atoms with Crippen LogP contribution in [0.5, 0.6) is 0 Å². The number of hydrogen-bond acceptors (Lipinski definition) is 3. The minimum Gasteiger partial charge on any atom is -0.334 e. The molecule has 0 radical (unpaired) electrons. The molecule has 0 saturated heterocycles. The van der Waals surface area contributed by atoms with Crippen LogP contribution in [0.1, 0.15) is 31.9 Å². The average molecular weight is 314 g/mol. The second kappa shape index (κ2) is 6.07. The summed E-state index contributed by atoms with van der Waals surface area (Å²) in [5.41, 5.74) is 0.826. The molecule has 0 atom stereocenters. The van der Waals surface area contributed by atoms with Crippen LogP contribution in [-0.2, 0) is 6.54 Å². The molecule has 102 valence electrons. The molecule has 2 nitrogen and oxygen atoms in total. The van der Waals surface area contributed by atoms with Gasteiger partial charge < -0.3 is 4.90 Å². The standard InChI is InChI=1S/C14H16ClNOS2/c1-4-16(8-11-5-6-13(15)19-11)14(17)12-7-9(2)18-10(12)3/h5-7H,4,8H2,1-3H3. The Bertz CT molecular complexity index is 588. The van der Waals surface area contributed by atoms with Gasteiger partial charge in [-0.3, -0.25) is 4.79 Å². The monoisotopic (exact) mass is 313 g/mol. The number of rotatable bonds is 4. The molecule has 5 heteroatoms. The molecule has 0 bridgehead atoms. The first-order chi connectivity index (χ1) is 9.01. The summed E-state index contributed by atoms with van der Waals surface area (Å²) in [5.74, 6) is 0.105. The molecule has 0 unspecified atom stereocenters. The first-order valence-corrected chi connectivity index (χ1v) is 8.13. The van der Waals surface area contributed by atoms with Crippen LogP contribution in [0.2, 0.25) is 4.34 Å². The topological polar surface area (TPSA) is 20.3 Å². The van der Waals surface area contributed by atoms with Crippen LogP contribution < -0.4 is 0 Å². The van der Waals surface area contributed by atoms with E-state index in [1.165, 1.54) is 16.2 Å². The SMILES string of the molecule is CCN(Cc1ccc(Cl)s1)C(=O)c1cc(C)sc1C. The van der Waals surface area contributed by atoms with Crippen molar-refractivity contribution < 1.29 is 4.79 Å². The lowest BCUT2D eigenvalue weighted by Gasteiger charge is -2.20. The van der Waals surface area contributed by atoms with Gasteiger partial charge in [-0.05, 0) is 39.0 Å². The van der Waals surface area contributed by atoms with E-state index in [4.69, 9.17) is 11.6 Å². The van der Waals surface area contributed by atoms with Crippen molar-refractivity contribution in [2.24, 2.45) is 0 Å². The van der Waals surface area contributed by atoms with E-state index < -0.39 is 0 Å². The Morgan fingerprint density at radius 1 is 1.32 bits per heavy atom. The Balaban J connectivity index is 2.17. The third kappa shape index (κ3) is 3.38. The molecule has 2 rings (SSSR count). The van der Waals surface area contributed by atoms with E-state index in [-0.39, 0.29) is 5.91 Å². The Hall–Kier alpha value is -0.840. The molecule has 0 N–H and O–H groups in total. The number of hydrogen-bond donors (Lipinski definition) is 0. The Morgan fingerprint density at radius 2 is 2.05 bits per heavy atom. The number of nitrogens with zero attached hydrogens (tertiary/aromatic N) is 1. The molecule has 1 amide bonds. The molecule has 0 spiro atoms. The van der Waals surface area contributed by atoms with Gasteiger partial charge in [-0.15, -0.1) is 22.7 Å². The zero-order valence-electron chi connectivity index (χ0n) is 11.2. The molecule has 0 aliphatic carbocycles. The summed E-state index contributed by atoms with van der Waals surface area (Å²) in [6, 6.07) is 5.83. The molecule has 0 saturated carbocycles. The van der Waals surface area contributed by atoms with Crippen molar-refractivity contribution >= 4 is 40.2 Å². The van der Waals surface area contributed by atoms with Crippen LogP contribution in [0, 0.1) is 13.8 Å². The van der Waals surface area contributed by atoms with E-state index in [1.54, 1.807) is 11.3 Å². The molecule has 2 aromatic rings. The number of amides is 1. The van der Waals surface area contributed by atoms with Crippen LogP contribution in [-0.4, -0.2) is 17.4 Å². The number of carbonyl (C=O) groups excluding carboxylic acids is 1. The third-order valence-electron chi connectivity index (χ3n) is 2.92. The lowest BCUT2D eigenvalue weighted by molar-refractivity contribution is 0.0754. The van der Waals surface area contributed by atoms with Crippen LogP contribution in [0.15, 0.2) is 18.2 Å². The minimum absolute atomic E-state index is 0.105. The maximum Gasteiger partial charge on any atom is 0.255 e. The van der Waals surface area contributed by atoms with Gasteiger partial charge in [0.05, 0.1) is 16.4 Å². The summed E-state index contributed by atoms with van der Waals surface area (Å²) < 4.78 is 0.765. The fourth-order valence-corrected chi connectivity index (χ4v) is 3.98. The normalized spacial score (nSPS) is 10.7. The summed E-state index contributed by atoms with van der Waals surface area (Å²) in [6.07, 6.45) is 0. The van der Waals surface area contributed by atoms with E-state index in [1.807, 2.05) is 43.9 Å². The fourth-order valence-electron chi connectivity index (χ4n) is 1.97. The van der Waals surface area contributed by atoms with Gasteiger partial charge in [-0.25, -0.2) is 0 Å². The molecule has 2 aromatic heterocycles. The summed E-state index contributed by atoms with van der Waals surface area (Å²) in [5, 5.41) is 0. The van der Waals surface area contributed by atoms with Gasteiger partial charge in [0.1, 0.15) is 0 Å². The first-order valence-electron chi connectivity index (χ1n) is 6.11. The second-order valence-electron chi connectivity index (χ2n) is 4.35. The highest BCUT2D eigenvalue weighted by atomic mass is 35.5. The Morgan fingerprint density at radius 3 is 2.53 bits per heavy atom. The van der Waals surface area contributed by atoms with Gasteiger partial charge in [0, 0.05) is 21.2 Å². The van der Waals surface area contributed by atoms with Gasteiger partial charge in [-0.2, -0.15) is 0 Å². The first kappa shape index (κ1) is 14.6. The van der Waals surface area contributed by atoms with Crippen molar-refractivity contribution in [1.29, 1.82) is 0 Å². The molecule has 0 aliphatic heterocycles. The van der Waals surface area contributed by atoms with Crippen molar-refractivity contribution in [3.63, 3.8) is 0 Å². The summed E-state index contributed by atoms with van der Waals surface area (Å²) in [4.78, 5) is 17.8. The number of halogens is 1. The minimum atomic E-state index is 0.105. The predicted molar refractivity (Wildman–Crippen MR) is 83.5 cm³/mol. The van der Waals surface area contributed by atoms with Crippen molar-refractivity contribution in [2.75, 3.05) is 6.54 Å². The van der Waals surface area contributed by atoms with Crippen LogP contribution in [0.3, 0.4) is 0 Å². The van der Waals surface area contributed by atoms with Crippen molar-refractivity contribution in [1.82, 2.24) is 4.90 Å². The van der Waals surface area contributed by atoms with E-state index in [2.05, 4.69) is 0 Å². The summed E-state index contributed by atoms with van der Waals surface area (Å²) >= 11 is 9.13. The smallest absolute Gasteiger partial charge is 0.255 e. The molecule has 0 aliphatic rings. The van der Waals surface area contributed by atoms with E-state index in [0.717, 1.165) is 19.7 Å². The zero-order valence-corrected chi connectivity index (χ0v) is 13.6. The van der Waals surface area contributed by atoms with E-state index in [9.17, 15) is 4.79 Å². The van der Waals surface area contributed by atoms with Crippen molar-refractivity contribution in [2.45, 2.75) is 27.3 Å². The molecule has 0 aromatic carbocycles. The lowest BCUT2D eigenvalue weighted by atomic mass is 10.2. The second-order valence-corrected chi connectivity index (χ2v) is 7.61. The van der Waals surface area contributed by atoms with Crippen LogP contribution >= 0.6 is 34.3 Å². The lowest BCUT2D eigenvalue weighted by Crippen LogP contribution is -2.30. The number of thiophene rings is 2. The van der Waals surface area contributed by atoms with Crippen molar-refractivity contribution in [3.05, 3.63) is 42.7 Å². The van der Waals surface area contributed by atoms with Gasteiger partial charge in [-0.1, -0.05) is 11.6 Å². The van der Waals surface area contributed by atoms with Crippen LogP contribution in [0.4, 0.5) is 0 Å². The maximum atomic E-state index is 12.5. The predicted octanol–water partition coefficient (Wildman–Crippen LogP) is 4.74. The number of carbonyl (C=O) groups is 1. The zero-order chi connectivity index (χ0) is 14.0. The van der Waals surface area contributed by atoms with Crippen molar-refractivity contribution in [3.8, 4) is 0 Å². The highest BCUT2D eigenvalue weighted by Gasteiger charge is 2.18. The van der Waals surface area contributed by atoms with Gasteiger partial charge >= 0.3 is 0 Å². The van der Waals surface area contributed by atoms with Crippen LogP contribution in [0.25, 0.3) is 0 Å². The average Bonchev–Trinajstić information content (AvgIpc) is 2.91. The highest BCUT2D eigenvalue weighted by molar-refractivity contribution is 7.16. The maximum absolute atomic E-state index is 12.5. The van der Waals surface area contributed by atoms with Gasteiger partial charge in [0.15, 0.2) is 0 Å². The largest absolute Gasteiger partial charge is 0.334 e. The molecular weight excluding hydrogens is 298 g/mol. The Labute approximate surface area is 126 Å². The summed E-state index contributed by atoms with van der Waals surface area (Å²) in [7, 11) is 0. The molecule has 2 heterocycles. The van der Waals surface area contributed by atoms with E-state index in [0.29, 0.717) is 13.1 Å². The number of aryl methyl sites for hydroxylation is 2. The molecular formula is C14H16ClNOS2. The molecule has 19 heavy (non-hydrogen) atoms. The Kier molecular flexibility index (Phi) is 4.66. The summed E-state index contributed by atoms with van der Waals surface area (Å²) in [6.45, 7) is 7.36. The third-order valence-corrected chi connectivity index (χ3v) is 5.10. The van der Waals surface area contributed by atoms with E-state index >= 15 is 0 Å².